The van der Waals surface area contributed by atoms with Gasteiger partial charge >= 0.3 is 0 Å². The van der Waals surface area contributed by atoms with E-state index in [1.807, 2.05) is 0 Å². The zero-order chi connectivity index (χ0) is 40.9. The standard InChI is InChI=1S/C47H93NO8/c1-3-5-7-9-11-13-15-17-18-19-20-21-22-23-25-27-29-31-33-35-37-43(51)48-40(39-55-47-46(54)45(53)44(52)42(38-49)56-47)41(50)36-34-32-30-28-26-24-16-14-12-10-8-6-4-2/h40-42,44-47,49-50,52-54H,3-39H2,1-2H3,(H,48,51)/t40-,41+,42+,44+,45?,46?,47+/m0/s1. The maximum Gasteiger partial charge on any atom is 0.220 e. The Kier molecular flexibility index (Phi) is 36.5. The summed E-state index contributed by atoms with van der Waals surface area (Å²) in [5.74, 6) is -0.140. The van der Waals surface area contributed by atoms with Crippen LogP contribution in [-0.2, 0) is 14.3 Å². The molecule has 7 atom stereocenters. The SMILES string of the molecule is CCCCCCCCCCCCCCCCCCCCCCC(=O)N[C@@H](CO[C@@H]1O[C@H](CO)[C@@H](O)C(O)C1O)[C@H](O)CCCCCCCCCCCCCCC. The Labute approximate surface area is 344 Å². The summed E-state index contributed by atoms with van der Waals surface area (Å²) in [6.07, 6.45) is 35.4. The Morgan fingerprint density at radius 1 is 0.536 bits per heavy atom. The highest BCUT2D eigenvalue weighted by atomic mass is 16.7. The quantitative estimate of drug-likeness (QED) is 0.0335. The zero-order valence-electron chi connectivity index (χ0n) is 36.7. The normalized spacial score (nSPS) is 21.0. The number of aliphatic hydroxyl groups is 5. The smallest absolute Gasteiger partial charge is 0.220 e. The number of rotatable bonds is 41. The van der Waals surface area contributed by atoms with Crippen LogP contribution in [0.2, 0.25) is 0 Å². The molecule has 9 heteroatoms. The van der Waals surface area contributed by atoms with E-state index < -0.39 is 49.5 Å². The highest BCUT2D eigenvalue weighted by molar-refractivity contribution is 5.76. The van der Waals surface area contributed by atoms with Gasteiger partial charge in [0, 0.05) is 6.42 Å². The number of carbonyl (C=O) groups excluding carboxylic acids is 1. The van der Waals surface area contributed by atoms with Crippen LogP contribution >= 0.6 is 0 Å². The lowest BCUT2D eigenvalue weighted by Gasteiger charge is -2.40. The van der Waals surface area contributed by atoms with Gasteiger partial charge < -0.3 is 40.3 Å². The van der Waals surface area contributed by atoms with E-state index in [-0.39, 0.29) is 12.5 Å². The van der Waals surface area contributed by atoms with Crippen molar-refractivity contribution in [1.29, 1.82) is 0 Å². The van der Waals surface area contributed by atoms with Crippen molar-refractivity contribution in [3.63, 3.8) is 0 Å². The van der Waals surface area contributed by atoms with Crippen LogP contribution in [0.1, 0.15) is 239 Å². The molecule has 0 spiro atoms. The van der Waals surface area contributed by atoms with Crippen molar-refractivity contribution in [3.05, 3.63) is 0 Å². The maximum absolute atomic E-state index is 13.0. The fraction of sp³-hybridized carbons (Fsp3) is 0.979. The van der Waals surface area contributed by atoms with Gasteiger partial charge in [-0.15, -0.1) is 0 Å². The largest absolute Gasteiger partial charge is 0.394 e. The monoisotopic (exact) mass is 800 g/mol. The minimum atomic E-state index is -1.55. The van der Waals surface area contributed by atoms with E-state index in [0.717, 1.165) is 38.5 Å². The van der Waals surface area contributed by atoms with Crippen LogP contribution in [0.25, 0.3) is 0 Å². The summed E-state index contributed by atoms with van der Waals surface area (Å²) < 4.78 is 11.3. The first kappa shape index (κ1) is 53.2. The molecule has 1 rings (SSSR count). The van der Waals surface area contributed by atoms with Gasteiger partial charge in [-0.25, -0.2) is 0 Å². The van der Waals surface area contributed by atoms with Crippen LogP contribution in [0.3, 0.4) is 0 Å². The molecule has 6 N–H and O–H groups in total. The second-order valence-electron chi connectivity index (χ2n) is 17.3. The van der Waals surface area contributed by atoms with E-state index in [1.54, 1.807) is 0 Å². The minimum Gasteiger partial charge on any atom is -0.394 e. The molecule has 9 nitrogen and oxygen atoms in total. The molecule has 0 aromatic carbocycles. The molecule has 0 bridgehead atoms. The molecule has 1 amide bonds. The molecule has 1 fully saturated rings. The van der Waals surface area contributed by atoms with Crippen LogP contribution < -0.4 is 5.32 Å². The predicted octanol–water partition coefficient (Wildman–Crippen LogP) is 10.3. The Morgan fingerprint density at radius 2 is 0.893 bits per heavy atom. The molecule has 56 heavy (non-hydrogen) atoms. The molecule has 1 saturated heterocycles. The van der Waals surface area contributed by atoms with Crippen LogP contribution in [0.4, 0.5) is 0 Å². The number of carbonyl (C=O) groups is 1. The lowest BCUT2D eigenvalue weighted by Crippen LogP contribution is -2.60. The second-order valence-corrected chi connectivity index (χ2v) is 17.3. The van der Waals surface area contributed by atoms with E-state index in [2.05, 4.69) is 19.2 Å². The molecule has 0 saturated carbocycles. The molecule has 0 aliphatic carbocycles. The first-order valence-corrected chi connectivity index (χ1v) is 24.2. The summed E-state index contributed by atoms with van der Waals surface area (Å²) in [4.78, 5) is 13.0. The lowest BCUT2D eigenvalue weighted by atomic mass is 9.99. The lowest BCUT2D eigenvalue weighted by molar-refractivity contribution is -0.302. The van der Waals surface area contributed by atoms with Crippen LogP contribution in [0.5, 0.6) is 0 Å². The summed E-state index contributed by atoms with van der Waals surface area (Å²) in [5, 5.41) is 54.4. The molecule has 334 valence electrons. The van der Waals surface area contributed by atoms with Gasteiger partial charge in [0.05, 0.1) is 25.4 Å². The summed E-state index contributed by atoms with van der Waals surface area (Å²) in [6.45, 7) is 3.85. The van der Waals surface area contributed by atoms with E-state index in [9.17, 15) is 30.3 Å². The van der Waals surface area contributed by atoms with Gasteiger partial charge in [-0.2, -0.15) is 0 Å². The molecule has 0 aromatic heterocycles. The molecule has 1 aliphatic rings. The van der Waals surface area contributed by atoms with Crippen molar-refractivity contribution in [2.45, 2.75) is 281 Å². The Morgan fingerprint density at radius 3 is 1.27 bits per heavy atom. The summed E-state index contributed by atoms with van der Waals surface area (Å²) in [7, 11) is 0. The Hall–Kier alpha value is -0.810. The average Bonchev–Trinajstić information content (AvgIpc) is 3.20. The second kappa shape index (κ2) is 38.4. The average molecular weight is 800 g/mol. The molecule has 0 aromatic rings. The third kappa shape index (κ3) is 28.6. The van der Waals surface area contributed by atoms with Gasteiger partial charge in [0.1, 0.15) is 24.4 Å². The molecular formula is C47H93NO8. The highest BCUT2D eigenvalue weighted by Crippen LogP contribution is 2.23. The molecule has 2 unspecified atom stereocenters. The first-order valence-electron chi connectivity index (χ1n) is 24.2. The number of ether oxygens (including phenoxy) is 2. The van der Waals surface area contributed by atoms with Crippen molar-refractivity contribution in [3.8, 4) is 0 Å². The number of amides is 1. The van der Waals surface area contributed by atoms with Crippen molar-refractivity contribution < 1.29 is 39.8 Å². The minimum absolute atomic E-state index is 0.132. The number of aliphatic hydroxyl groups excluding tert-OH is 5. The fourth-order valence-corrected chi connectivity index (χ4v) is 8.04. The fourth-order valence-electron chi connectivity index (χ4n) is 8.04. The molecule has 0 radical (unpaired) electrons. The summed E-state index contributed by atoms with van der Waals surface area (Å²) in [5.41, 5.74) is 0. The van der Waals surface area contributed by atoms with Gasteiger partial charge in [-0.05, 0) is 12.8 Å². The number of unbranched alkanes of at least 4 members (excludes halogenated alkanes) is 31. The van der Waals surface area contributed by atoms with Crippen LogP contribution in [0, 0.1) is 0 Å². The van der Waals surface area contributed by atoms with Crippen molar-refractivity contribution in [1.82, 2.24) is 5.32 Å². The summed E-state index contributed by atoms with van der Waals surface area (Å²) in [6, 6.07) is -0.711. The summed E-state index contributed by atoms with van der Waals surface area (Å²) >= 11 is 0. The molecule has 1 aliphatic heterocycles. The topological polar surface area (TPSA) is 149 Å². The zero-order valence-corrected chi connectivity index (χ0v) is 36.7. The van der Waals surface area contributed by atoms with Crippen LogP contribution in [0.15, 0.2) is 0 Å². The van der Waals surface area contributed by atoms with Gasteiger partial charge in [0.25, 0.3) is 0 Å². The van der Waals surface area contributed by atoms with E-state index in [4.69, 9.17) is 9.47 Å². The number of hydrogen-bond donors (Lipinski definition) is 6. The van der Waals surface area contributed by atoms with Crippen molar-refractivity contribution in [2.24, 2.45) is 0 Å². The van der Waals surface area contributed by atoms with Gasteiger partial charge in [-0.3, -0.25) is 4.79 Å². The number of nitrogens with one attached hydrogen (secondary N) is 1. The van der Waals surface area contributed by atoms with Gasteiger partial charge in [0.2, 0.25) is 5.91 Å². The van der Waals surface area contributed by atoms with Crippen molar-refractivity contribution in [2.75, 3.05) is 13.2 Å². The maximum atomic E-state index is 13.0. The Balaban J connectivity index is 2.26. The van der Waals surface area contributed by atoms with Crippen molar-refractivity contribution >= 4 is 5.91 Å². The molecule has 1 heterocycles. The molecular weight excluding hydrogens is 707 g/mol. The van der Waals surface area contributed by atoms with Crippen LogP contribution in [-0.4, -0.2) is 87.5 Å². The third-order valence-electron chi connectivity index (χ3n) is 12.0. The Bertz CT molecular complexity index is 847. The van der Waals surface area contributed by atoms with Gasteiger partial charge in [0.15, 0.2) is 6.29 Å². The third-order valence-corrected chi connectivity index (χ3v) is 12.0. The highest BCUT2D eigenvalue weighted by Gasteiger charge is 2.44. The van der Waals surface area contributed by atoms with E-state index >= 15 is 0 Å². The van der Waals surface area contributed by atoms with Gasteiger partial charge in [-0.1, -0.05) is 219 Å². The predicted molar refractivity (Wildman–Crippen MR) is 231 cm³/mol. The number of hydrogen-bond acceptors (Lipinski definition) is 8. The van der Waals surface area contributed by atoms with E-state index in [1.165, 1.54) is 173 Å². The first-order chi connectivity index (χ1) is 27.3. The van der Waals surface area contributed by atoms with E-state index in [0.29, 0.717) is 12.8 Å².